The molecule has 1 aliphatic heterocycles. The lowest BCUT2D eigenvalue weighted by Gasteiger charge is -2.33. The molecule has 4 nitrogen and oxygen atoms in total. The number of likely N-dealkylation sites (tertiary alicyclic amines) is 1. The molecule has 0 bridgehead atoms. The van der Waals surface area contributed by atoms with Crippen molar-refractivity contribution < 1.29 is 21.6 Å². The van der Waals surface area contributed by atoms with Crippen LogP contribution in [0.25, 0.3) is 0 Å². The van der Waals surface area contributed by atoms with E-state index in [1.54, 1.807) is 30.3 Å². The van der Waals surface area contributed by atoms with E-state index in [9.17, 15) is 21.6 Å². The minimum Gasteiger partial charge on any atom is -0.299 e. The molecule has 1 atom stereocenters. The lowest BCUT2D eigenvalue weighted by molar-refractivity contribution is -0.137. The van der Waals surface area contributed by atoms with Crippen LogP contribution in [0.3, 0.4) is 0 Å². The Morgan fingerprint density at radius 1 is 1.14 bits per heavy atom. The predicted octanol–water partition coefficient (Wildman–Crippen LogP) is 4.20. The number of aryl methyl sites for hydroxylation is 1. The van der Waals surface area contributed by atoms with E-state index in [0.29, 0.717) is 25.2 Å². The van der Waals surface area contributed by atoms with Gasteiger partial charge in [0.1, 0.15) is 0 Å². The van der Waals surface area contributed by atoms with Gasteiger partial charge >= 0.3 is 6.18 Å². The first-order valence-corrected chi connectivity index (χ1v) is 11.1. The molecule has 2 aromatic carbocycles. The first-order chi connectivity index (χ1) is 13.6. The Morgan fingerprint density at radius 2 is 1.86 bits per heavy atom. The summed E-state index contributed by atoms with van der Waals surface area (Å²) in [6.07, 6.45) is -2.58. The van der Waals surface area contributed by atoms with E-state index >= 15 is 0 Å². The number of hydrogen-bond acceptors (Lipinski definition) is 3. The monoisotopic (exact) mass is 426 g/mol. The van der Waals surface area contributed by atoms with Crippen molar-refractivity contribution in [3.8, 4) is 0 Å². The Bertz CT molecular complexity index is 928. The van der Waals surface area contributed by atoms with Crippen LogP contribution in [-0.2, 0) is 22.7 Å². The number of hydrogen-bond donors (Lipinski definition) is 1. The maximum Gasteiger partial charge on any atom is 0.416 e. The normalized spacial score (nSPS) is 18.7. The van der Waals surface area contributed by atoms with E-state index in [4.69, 9.17) is 0 Å². The Kier molecular flexibility index (Phi) is 6.65. The van der Waals surface area contributed by atoms with Gasteiger partial charge in [0.25, 0.3) is 0 Å². The molecule has 0 saturated carbocycles. The third-order valence-corrected chi connectivity index (χ3v) is 6.60. The van der Waals surface area contributed by atoms with Gasteiger partial charge in [-0.15, -0.1) is 0 Å². The summed E-state index contributed by atoms with van der Waals surface area (Å²) in [6.45, 7) is 4.06. The summed E-state index contributed by atoms with van der Waals surface area (Å²) in [5.74, 6) is 0.120. The summed E-state index contributed by atoms with van der Waals surface area (Å²) in [7, 11) is -3.57. The summed E-state index contributed by atoms with van der Waals surface area (Å²) in [6, 6.07) is 12.1. The minimum absolute atomic E-state index is 0.120. The number of nitrogens with one attached hydrogen (secondary N) is 1. The summed E-state index contributed by atoms with van der Waals surface area (Å²) in [5, 5.41) is 0. The highest BCUT2D eigenvalue weighted by molar-refractivity contribution is 7.89. The van der Waals surface area contributed by atoms with E-state index in [-0.39, 0.29) is 10.8 Å². The number of piperidine rings is 1. The molecule has 1 unspecified atom stereocenters. The van der Waals surface area contributed by atoms with Crippen molar-refractivity contribution in [2.45, 2.75) is 37.4 Å². The fourth-order valence-electron chi connectivity index (χ4n) is 3.59. The number of alkyl halides is 3. The molecule has 0 aliphatic carbocycles. The number of rotatable bonds is 6. The third-order valence-electron chi connectivity index (χ3n) is 5.16. The maximum atomic E-state index is 12.9. The van der Waals surface area contributed by atoms with Gasteiger partial charge in [-0.3, -0.25) is 4.90 Å². The zero-order chi connectivity index (χ0) is 21.1. The largest absolute Gasteiger partial charge is 0.416 e. The molecule has 1 N–H and O–H groups in total. The summed E-state index contributed by atoms with van der Waals surface area (Å²) in [4.78, 5) is 2.32. The summed E-state index contributed by atoms with van der Waals surface area (Å²) in [5.41, 5.74) is 0.955. The van der Waals surface area contributed by atoms with Crippen LogP contribution >= 0.6 is 0 Å². The Hall–Kier alpha value is -1.90. The quantitative estimate of drug-likeness (QED) is 0.753. The molecular weight excluding hydrogens is 401 g/mol. The van der Waals surface area contributed by atoms with Crippen molar-refractivity contribution in [1.82, 2.24) is 9.62 Å². The van der Waals surface area contributed by atoms with Gasteiger partial charge in [0.15, 0.2) is 0 Å². The SMILES string of the molecule is Cc1ccc(S(=O)(=O)NCC2CCCN(Cc3cccc(C(F)(F)F)c3)C2)cc1. The molecule has 0 radical (unpaired) electrons. The van der Waals surface area contributed by atoms with Crippen LogP contribution in [0.5, 0.6) is 0 Å². The smallest absolute Gasteiger partial charge is 0.299 e. The van der Waals surface area contributed by atoms with Gasteiger partial charge < -0.3 is 0 Å². The molecular formula is C21H25F3N2O2S. The molecule has 0 amide bonds. The highest BCUT2D eigenvalue weighted by atomic mass is 32.2. The van der Waals surface area contributed by atoms with Crippen LogP contribution in [0.1, 0.15) is 29.5 Å². The molecule has 1 heterocycles. The van der Waals surface area contributed by atoms with Crippen LogP contribution in [-0.4, -0.2) is 33.0 Å². The van der Waals surface area contributed by atoms with Gasteiger partial charge in [-0.1, -0.05) is 35.9 Å². The molecule has 1 fully saturated rings. The molecule has 29 heavy (non-hydrogen) atoms. The van der Waals surface area contributed by atoms with Crippen LogP contribution in [0.2, 0.25) is 0 Å². The second-order valence-corrected chi connectivity index (χ2v) is 9.37. The second-order valence-electron chi connectivity index (χ2n) is 7.61. The van der Waals surface area contributed by atoms with Crippen molar-refractivity contribution in [3.05, 3.63) is 65.2 Å². The average Bonchev–Trinajstić information content (AvgIpc) is 2.67. The van der Waals surface area contributed by atoms with E-state index in [0.717, 1.165) is 31.0 Å². The fourth-order valence-corrected chi connectivity index (χ4v) is 4.71. The molecule has 1 aliphatic rings. The number of nitrogens with zero attached hydrogens (tertiary/aromatic N) is 1. The molecule has 158 valence electrons. The van der Waals surface area contributed by atoms with Gasteiger partial charge in [0.2, 0.25) is 10.0 Å². The molecule has 3 rings (SSSR count). The molecule has 2 aromatic rings. The van der Waals surface area contributed by atoms with Gasteiger partial charge in [0, 0.05) is 19.6 Å². The molecule has 0 aromatic heterocycles. The van der Waals surface area contributed by atoms with Crippen molar-refractivity contribution in [1.29, 1.82) is 0 Å². The predicted molar refractivity (Wildman–Crippen MR) is 106 cm³/mol. The van der Waals surface area contributed by atoms with E-state index in [1.165, 1.54) is 12.1 Å². The van der Waals surface area contributed by atoms with Gasteiger partial charge in [0.05, 0.1) is 10.5 Å². The highest BCUT2D eigenvalue weighted by Gasteiger charge is 2.30. The van der Waals surface area contributed by atoms with Crippen LogP contribution in [0.15, 0.2) is 53.4 Å². The summed E-state index contributed by atoms with van der Waals surface area (Å²) >= 11 is 0. The zero-order valence-corrected chi connectivity index (χ0v) is 17.1. The molecule has 8 heteroatoms. The maximum absolute atomic E-state index is 12.9. The van der Waals surface area contributed by atoms with Crippen LogP contribution < -0.4 is 4.72 Å². The topological polar surface area (TPSA) is 49.4 Å². The molecule has 0 spiro atoms. The minimum atomic E-state index is -4.35. The Morgan fingerprint density at radius 3 is 2.55 bits per heavy atom. The average molecular weight is 427 g/mol. The number of halogens is 3. The number of sulfonamides is 1. The Balaban J connectivity index is 1.58. The van der Waals surface area contributed by atoms with E-state index < -0.39 is 21.8 Å². The first kappa shape index (κ1) is 21.8. The van der Waals surface area contributed by atoms with Gasteiger partial charge in [-0.05, 0) is 56.0 Å². The summed E-state index contributed by atoms with van der Waals surface area (Å²) < 4.78 is 66.3. The molecule has 1 saturated heterocycles. The van der Waals surface area contributed by atoms with Crippen molar-refractivity contribution in [2.24, 2.45) is 5.92 Å². The van der Waals surface area contributed by atoms with Crippen molar-refractivity contribution in [3.63, 3.8) is 0 Å². The lowest BCUT2D eigenvalue weighted by atomic mass is 9.97. The number of benzene rings is 2. The van der Waals surface area contributed by atoms with Crippen molar-refractivity contribution in [2.75, 3.05) is 19.6 Å². The Labute approximate surface area is 169 Å². The van der Waals surface area contributed by atoms with Crippen LogP contribution in [0, 0.1) is 12.8 Å². The van der Waals surface area contributed by atoms with Crippen molar-refractivity contribution >= 4 is 10.0 Å². The lowest BCUT2D eigenvalue weighted by Crippen LogP contribution is -2.40. The first-order valence-electron chi connectivity index (χ1n) is 9.58. The van der Waals surface area contributed by atoms with Gasteiger partial charge in [-0.25, -0.2) is 13.1 Å². The van der Waals surface area contributed by atoms with E-state index in [1.807, 2.05) is 6.92 Å². The fraction of sp³-hybridized carbons (Fsp3) is 0.429. The second kappa shape index (κ2) is 8.85. The van der Waals surface area contributed by atoms with Crippen LogP contribution in [0.4, 0.5) is 13.2 Å². The zero-order valence-electron chi connectivity index (χ0n) is 16.2. The standard InChI is InChI=1S/C21H25F3N2O2S/c1-16-7-9-20(10-8-16)29(27,28)25-13-18-5-3-11-26(15-18)14-17-4-2-6-19(12-17)21(22,23)24/h2,4,6-10,12,18,25H,3,5,11,13-15H2,1H3. The van der Waals surface area contributed by atoms with E-state index in [2.05, 4.69) is 9.62 Å². The van der Waals surface area contributed by atoms with Gasteiger partial charge in [-0.2, -0.15) is 13.2 Å². The highest BCUT2D eigenvalue weighted by Crippen LogP contribution is 2.30. The third kappa shape index (κ3) is 6.04.